The van der Waals surface area contributed by atoms with Crippen molar-refractivity contribution in [3.63, 3.8) is 0 Å². The van der Waals surface area contributed by atoms with Gasteiger partial charge in [-0.15, -0.1) is 5.06 Å². The van der Waals surface area contributed by atoms with Gasteiger partial charge in [-0.1, -0.05) is 35.9 Å². The van der Waals surface area contributed by atoms with E-state index >= 15 is 0 Å². The number of piperazine rings is 1. The predicted molar refractivity (Wildman–Crippen MR) is 114 cm³/mol. The Morgan fingerprint density at radius 3 is 2.35 bits per heavy atom. The van der Waals surface area contributed by atoms with Crippen molar-refractivity contribution in [1.29, 1.82) is 0 Å². The zero-order valence-corrected chi connectivity index (χ0v) is 17.8. The molecule has 0 aliphatic carbocycles. The number of rotatable bonds is 4. The van der Waals surface area contributed by atoms with Gasteiger partial charge in [0.25, 0.3) is 11.8 Å². The van der Waals surface area contributed by atoms with Crippen LogP contribution in [0.4, 0.5) is 4.79 Å². The van der Waals surface area contributed by atoms with Crippen molar-refractivity contribution in [2.45, 2.75) is 33.2 Å². The molecule has 0 bridgehead atoms. The van der Waals surface area contributed by atoms with Gasteiger partial charge in [-0.25, -0.2) is 4.79 Å². The summed E-state index contributed by atoms with van der Waals surface area (Å²) in [6.45, 7) is 7.06. The monoisotopic (exact) mass is 422 g/mol. The molecule has 0 saturated carbocycles. The minimum absolute atomic E-state index is 0.0922. The van der Waals surface area contributed by atoms with Crippen LogP contribution in [0.3, 0.4) is 0 Å². The van der Waals surface area contributed by atoms with Crippen LogP contribution in [-0.4, -0.2) is 63.9 Å². The molecule has 8 heteroatoms. The Labute approximate surface area is 181 Å². The maximum atomic E-state index is 12.3. The van der Waals surface area contributed by atoms with Crippen molar-refractivity contribution >= 4 is 17.9 Å². The van der Waals surface area contributed by atoms with Crippen LogP contribution in [0.1, 0.15) is 29.8 Å². The molecule has 162 valence electrons. The van der Waals surface area contributed by atoms with Gasteiger partial charge in [0.1, 0.15) is 0 Å². The summed E-state index contributed by atoms with van der Waals surface area (Å²) in [5.41, 5.74) is 5.49. The van der Waals surface area contributed by atoms with Crippen LogP contribution in [0.2, 0.25) is 0 Å². The number of aryl methyl sites for hydroxylation is 2. The zero-order valence-electron chi connectivity index (χ0n) is 17.8. The van der Waals surface area contributed by atoms with E-state index in [0.29, 0.717) is 37.8 Å². The summed E-state index contributed by atoms with van der Waals surface area (Å²) >= 11 is 0. The maximum absolute atomic E-state index is 12.3. The largest absolute Gasteiger partial charge is 0.434 e. The van der Waals surface area contributed by atoms with Crippen LogP contribution in [0.5, 0.6) is 0 Å². The molecule has 8 nitrogen and oxygen atoms in total. The van der Waals surface area contributed by atoms with Gasteiger partial charge in [0.15, 0.2) is 0 Å². The van der Waals surface area contributed by atoms with Crippen LogP contribution in [0, 0.1) is 13.8 Å². The highest BCUT2D eigenvalue weighted by Crippen LogP contribution is 2.24. The minimum atomic E-state index is -0.653. The fraction of sp³-hybridized carbons (Fsp3) is 0.391. The quantitative estimate of drug-likeness (QED) is 0.705. The molecule has 1 aromatic heterocycles. The fourth-order valence-corrected chi connectivity index (χ4v) is 3.93. The van der Waals surface area contributed by atoms with Crippen molar-refractivity contribution in [3.8, 4) is 11.1 Å². The van der Waals surface area contributed by atoms with Gasteiger partial charge in [0.2, 0.25) is 0 Å². The summed E-state index contributed by atoms with van der Waals surface area (Å²) < 4.78 is 0. The smallest absolute Gasteiger partial charge is 0.311 e. The van der Waals surface area contributed by atoms with E-state index in [-0.39, 0.29) is 12.8 Å². The number of nitrogens with zero attached hydrogens (tertiary/aromatic N) is 4. The Balaban J connectivity index is 1.32. The third-order valence-electron chi connectivity index (χ3n) is 5.66. The number of benzene rings is 1. The summed E-state index contributed by atoms with van der Waals surface area (Å²) in [6.07, 6.45) is -0.469. The molecule has 0 spiro atoms. The third kappa shape index (κ3) is 4.74. The topological polar surface area (TPSA) is 83.0 Å². The number of carbonyl (C=O) groups is 3. The van der Waals surface area contributed by atoms with Crippen LogP contribution in [0.25, 0.3) is 11.1 Å². The molecule has 3 amide bonds. The first-order chi connectivity index (χ1) is 14.9. The number of hydroxylamine groups is 2. The number of carbonyl (C=O) groups excluding carboxylic acids is 3. The van der Waals surface area contributed by atoms with E-state index in [1.807, 2.05) is 6.92 Å². The molecule has 4 rings (SSSR count). The molecule has 2 aliphatic rings. The number of imide groups is 1. The van der Waals surface area contributed by atoms with Crippen molar-refractivity contribution in [2.24, 2.45) is 0 Å². The molecule has 3 heterocycles. The molecule has 2 saturated heterocycles. The average molecular weight is 422 g/mol. The summed E-state index contributed by atoms with van der Waals surface area (Å²) in [5, 5.41) is 0.594. The predicted octanol–water partition coefficient (Wildman–Crippen LogP) is 2.68. The number of hydrogen-bond acceptors (Lipinski definition) is 6. The second-order valence-corrected chi connectivity index (χ2v) is 8.01. The molecule has 31 heavy (non-hydrogen) atoms. The second-order valence-electron chi connectivity index (χ2n) is 8.01. The number of hydrogen-bond donors (Lipinski definition) is 0. The number of aromatic nitrogens is 1. The summed E-state index contributed by atoms with van der Waals surface area (Å²) in [7, 11) is 0. The number of pyridine rings is 1. The van der Waals surface area contributed by atoms with Gasteiger partial charge in [-0.3, -0.25) is 19.5 Å². The van der Waals surface area contributed by atoms with E-state index < -0.39 is 17.9 Å². The molecule has 0 atom stereocenters. The lowest BCUT2D eigenvalue weighted by atomic mass is 10.0. The van der Waals surface area contributed by atoms with E-state index in [1.54, 1.807) is 0 Å². The van der Waals surface area contributed by atoms with E-state index in [2.05, 4.69) is 48.2 Å². The van der Waals surface area contributed by atoms with Crippen LogP contribution >= 0.6 is 0 Å². The van der Waals surface area contributed by atoms with E-state index in [0.717, 1.165) is 17.0 Å². The normalized spacial score (nSPS) is 17.4. The van der Waals surface area contributed by atoms with Gasteiger partial charge in [-0.2, -0.15) is 0 Å². The molecule has 2 aromatic rings. The van der Waals surface area contributed by atoms with Gasteiger partial charge < -0.3 is 9.74 Å². The van der Waals surface area contributed by atoms with Crippen molar-refractivity contribution < 1.29 is 19.2 Å². The molecule has 2 fully saturated rings. The first-order valence-corrected chi connectivity index (χ1v) is 10.5. The lowest BCUT2D eigenvalue weighted by molar-refractivity contribution is -0.174. The fourth-order valence-electron chi connectivity index (χ4n) is 3.93. The van der Waals surface area contributed by atoms with E-state index in [4.69, 9.17) is 9.82 Å². The molecular weight excluding hydrogens is 396 g/mol. The summed E-state index contributed by atoms with van der Waals surface area (Å²) in [4.78, 5) is 49.0. The lowest BCUT2D eigenvalue weighted by Gasteiger charge is -2.34. The Morgan fingerprint density at radius 2 is 1.71 bits per heavy atom. The van der Waals surface area contributed by atoms with E-state index in [1.165, 1.54) is 16.0 Å². The minimum Gasteiger partial charge on any atom is -0.311 e. The Kier molecular flexibility index (Phi) is 5.99. The van der Waals surface area contributed by atoms with E-state index in [9.17, 15) is 14.4 Å². The van der Waals surface area contributed by atoms with Crippen LogP contribution in [-0.2, 0) is 21.0 Å². The van der Waals surface area contributed by atoms with Gasteiger partial charge in [0.05, 0.1) is 5.69 Å². The average Bonchev–Trinajstić information content (AvgIpc) is 3.06. The summed E-state index contributed by atoms with van der Waals surface area (Å²) in [6, 6.07) is 12.6. The van der Waals surface area contributed by atoms with Crippen molar-refractivity contribution in [3.05, 3.63) is 53.3 Å². The summed E-state index contributed by atoms with van der Waals surface area (Å²) in [5.74, 6) is -0.930. The lowest BCUT2D eigenvalue weighted by Crippen LogP contribution is -2.50. The molecular formula is C23H26N4O4. The van der Waals surface area contributed by atoms with Crippen LogP contribution < -0.4 is 0 Å². The van der Waals surface area contributed by atoms with Gasteiger partial charge in [-0.05, 0) is 25.5 Å². The molecule has 1 aromatic carbocycles. The highest BCUT2D eigenvalue weighted by Gasteiger charge is 2.34. The molecule has 2 aliphatic heterocycles. The van der Waals surface area contributed by atoms with Crippen LogP contribution in [0.15, 0.2) is 36.4 Å². The van der Waals surface area contributed by atoms with Gasteiger partial charge >= 0.3 is 6.09 Å². The third-order valence-corrected chi connectivity index (χ3v) is 5.66. The second kappa shape index (κ2) is 8.85. The number of amides is 3. The van der Waals surface area contributed by atoms with Crippen molar-refractivity contribution in [2.75, 3.05) is 26.2 Å². The Morgan fingerprint density at radius 1 is 1.00 bits per heavy atom. The standard InChI is InChI=1S/C23H26N4O4/c1-16-4-3-5-18(14-16)20-7-6-19(24-17(20)2)15-25-10-12-26(13-11-25)23(30)31-27-21(28)8-9-22(27)29/h3-7,14H,8-13,15H2,1-2H3. The first kappa shape index (κ1) is 21.0. The maximum Gasteiger partial charge on any atom is 0.434 e. The molecule has 0 radical (unpaired) electrons. The Bertz CT molecular complexity index is 998. The zero-order chi connectivity index (χ0) is 22.0. The Hall–Kier alpha value is -3.26. The molecule has 0 N–H and O–H groups in total. The highest BCUT2D eigenvalue weighted by atomic mass is 16.7. The molecule has 0 unspecified atom stereocenters. The highest BCUT2D eigenvalue weighted by molar-refractivity contribution is 6.01. The van der Waals surface area contributed by atoms with Crippen molar-refractivity contribution in [1.82, 2.24) is 19.8 Å². The SMILES string of the molecule is Cc1cccc(-c2ccc(CN3CCN(C(=O)ON4C(=O)CCC4=O)CC3)nc2C)c1. The first-order valence-electron chi connectivity index (χ1n) is 10.5. The van der Waals surface area contributed by atoms with Gasteiger partial charge in [0, 0.05) is 56.8 Å².